The summed E-state index contributed by atoms with van der Waals surface area (Å²) in [7, 11) is 0. The van der Waals surface area contributed by atoms with E-state index in [2.05, 4.69) is 0 Å². The third kappa shape index (κ3) is 2.97. The molecule has 0 saturated carbocycles. The number of hydrogen-bond acceptors (Lipinski definition) is 0. The molecule has 0 unspecified atom stereocenters. The van der Waals surface area contributed by atoms with Crippen LogP contribution in [0.4, 0.5) is 26.3 Å². The predicted molar refractivity (Wildman–Crippen MR) is 55.3 cm³/mol. The first-order valence-corrected chi connectivity index (χ1v) is 5.23. The van der Waals surface area contributed by atoms with Crippen LogP contribution in [0.15, 0.2) is 12.1 Å². The maximum Gasteiger partial charge on any atom is 0.416 e. The maximum atomic E-state index is 12.7. The molecule has 1 rings (SSSR count). The van der Waals surface area contributed by atoms with Gasteiger partial charge in [0.05, 0.1) is 11.1 Å². The molecule has 0 aliphatic heterocycles. The smallest absolute Gasteiger partial charge is 0.166 e. The fourth-order valence-corrected chi connectivity index (χ4v) is 1.79. The quantitative estimate of drug-likeness (QED) is 0.618. The molecule has 0 N–H and O–H groups in total. The second-order valence-electron chi connectivity index (χ2n) is 4.39. The van der Waals surface area contributed by atoms with Crippen LogP contribution >= 0.6 is 0 Å². The van der Waals surface area contributed by atoms with E-state index in [0.717, 1.165) is 6.07 Å². The Morgan fingerprint density at radius 2 is 1.39 bits per heavy atom. The average molecular weight is 270 g/mol. The molecule has 1 aromatic rings. The van der Waals surface area contributed by atoms with Crippen LogP contribution in [0.25, 0.3) is 0 Å². The van der Waals surface area contributed by atoms with Gasteiger partial charge in [-0.1, -0.05) is 13.8 Å². The Morgan fingerprint density at radius 3 is 1.72 bits per heavy atom. The minimum atomic E-state index is -4.78. The molecule has 0 amide bonds. The molecular formula is C12H12F6. The van der Waals surface area contributed by atoms with E-state index >= 15 is 0 Å². The van der Waals surface area contributed by atoms with E-state index in [0.29, 0.717) is 0 Å². The Kier molecular flexibility index (Phi) is 3.70. The van der Waals surface area contributed by atoms with Crippen LogP contribution in [-0.2, 0) is 12.4 Å². The van der Waals surface area contributed by atoms with Gasteiger partial charge in [-0.25, -0.2) is 0 Å². The van der Waals surface area contributed by atoms with Crippen LogP contribution in [0.1, 0.15) is 42.0 Å². The maximum absolute atomic E-state index is 12.7. The zero-order valence-electron chi connectivity index (χ0n) is 10.00. The Labute approximate surface area is 101 Å². The van der Waals surface area contributed by atoms with E-state index in [-0.39, 0.29) is 17.2 Å². The number of halogens is 6. The Hall–Kier alpha value is -1.20. The van der Waals surface area contributed by atoms with Crippen LogP contribution in [0.2, 0.25) is 0 Å². The van der Waals surface area contributed by atoms with Gasteiger partial charge >= 0.3 is 12.4 Å². The summed E-state index contributed by atoms with van der Waals surface area (Å²) in [6, 6.07) is 0.955. The summed E-state index contributed by atoms with van der Waals surface area (Å²) in [6.45, 7) is 4.31. The van der Waals surface area contributed by atoms with Gasteiger partial charge in [-0.15, -0.1) is 0 Å². The molecule has 0 aliphatic rings. The van der Waals surface area contributed by atoms with Gasteiger partial charge in [0.1, 0.15) is 0 Å². The van der Waals surface area contributed by atoms with Crippen molar-refractivity contribution in [3.63, 3.8) is 0 Å². The normalized spacial score (nSPS) is 13.2. The molecular weight excluding hydrogens is 258 g/mol. The molecule has 0 fully saturated rings. The summed E-state index contributed by atoms with van der Waals surface area (Å²) >= 11 is 0. The van der Waals surface area contributed by atoms with E-state index in [4.69, 9.17) is 0 Å². The van der Waals surface area contributed by atoms with Crippen molar-refractivity contribution in [2.24, 2.45) is 0 Å². The predicted octanol–water partition coefficient (Wildman–Crippen LogP) is 5.16. The number of benzene rings is 1. The van der Waals surface area contributed by atoms with Crippen LogP contribution in [0, 0.1) is 6.92 Å². The highest BCUT2D eigenvalue weighted by Crippen LogP contribution is 2.40. The van der Waals surface area contributed by atoms with Gasteiger partial charge in [0.25, 0.3) is 0 Å². The first kappa shape index (κ1) is 14.9. The molecule has 102 valence electrons. The summed E-state index contributed by atoms with van der Waals surface area (Å²) in [5.41, 5.74) is -2.56. The molecule has 0 atom stereocenters. The van der Waals surface area contributed by atoms with Crippen LogP contribution in [0.5, 0.6) is 0 Å². The van der Waals surface area contributed by atoms with Crippen LogP contribution in [0.3, 0.4) is 0 Å². The third-order valence-corrected chi connectivity index (χ3v) is 2.70. The number of hydrogen-bond donors (Lipinski definition) is 0. The van der Waals surface area contributed by atoms with Gasteiger partial charge in [-0.3, -0.25) is 0 Å². The highest BCUT2D eigenvalue weighted by Gasteiger charge is 2.38. The van der Waals surface area contributed by atoms with Crippen molar-refractivity contribution in [2.45, 2.75) is 39.0 Å². The van der Waals surface area contributed by atoms with Gasteiger partial charge in [0, 0.05) is 0 Å². The van der Waals surface area contributed by atoms with E-state index in [1.165, 1.54) is 6.92 Å². The van der Waals surface area contributed by atoms with Crippen molar-refractivity contribution in [3.05, 3.63) is 34.4 Å². The van der Waals surface area contributed by atoms with Crippen molar-refractivity contribution in [3.8, 4) is 0 Å². The van der Waals surface area contributed by atoms with Crippen molar-refractivity contribution in [1.82, 2.24) is 0 Å². The number of rotatable bonds is 1. The van der Waals surface area contributed by atoms with Gasteiger partial charge in [0.15, 0.2) is 0 Å². The van der Waals surface area contributed by atoms with E-state index in [1.807, 2.05) is 0 Å². The highest BCUT2D eigenvalue weighted by molar-refractivity contribution is 5.42. The molecule has 0 saturated heterocycles. The highest BCUT2D eigenvalue weighted by atomic mass is 19.4. The fourth-order valence-electron chi connectivity index (χ4n) is 1.79. The van der Waals surface area contributed by atoms with E-state index in [9.17, 15) is 26.3 Å². The molecule has 0 heterocycles. The van der Waals surface area contributed by atoms with E-state index < -0.39 is 29.4 Å². The lowest BCUT2D eigenvalue weighted by Gasteiger charge is -2.19. The summed E-state index contributed by atoms with van der Waals surface area (Å²) in [5.74, 6) is -0.409. The van der Waals surface area contributed by atoms with Gasteiger partial charge < -0.3 is 0 Å². The van der Waals surface area contributed by atoms with Crippen LogP contribution in [-0.4, -0.2) is 0 Å². The van der Waals surface area contributed by atoms with Crippen molar-refractivity contribution < 1.29 is 26.3 Å². The van der Waals surface area contributed by atoms with Crippen molar-refractivity contribution >= 4 is 0 Å². The molecule has 6 heteroatoms. The molecule has 0 bridgehead atoms. The first-order chi connectivity index (χ1) is 7.94. The monoisotopic (exact) mass is 270 g/mol. The summed E-state index contributed by atoms with van der Waals surface area (Å²) in [5, 5.41) is 0. The summed E-state index contributed by atoms with van der Waals surface area (Å²) in [4.78, 5) is 0. The Balaban J connectivity index is 3.58. The summed E-state index contributed by atoms with van der Waals surface area (Å²) in [6.07, 6.45) is -9.56. The van der Waals surface area contributed by atoms with E-state index in [1.54, 1.807) is 13.8 Å². The van der Waals surface area contributed by atoms with Gasteiger partial charge in [-0.05, 0) is 36.1 Å². The SMILES string of the molecule is Cc1c(C(C)C)cc(C(F)(F)F)cc1C(F)(F)F. The fraction of sp³-hybridized carbons (Fsp3) is 0.500. The first-order valence-electron chi connectivity index (χ1n) is 5.23. The molecule has 0 nitrogen and oxygen atoms in total. The second-order valence-corrected chi connectivity index (χ2v) is 4.39. The summed E-state index contributed by atoms with van der Waals surface area (Å²) < 4.78 is 75.8. The zero-order valence-corrected chi connectivity index (χ0v) is 10.00. The second kappa shape index (κ2) is 4.48. The third-order valence-electron chi connectivity index (χ3n) is 2.70. The van der Waals surface area contributed by atoms with Crippen LogP contribution < -0.4 is 0 Å². The molecule has 0 spiro atoms. The Bertz CT molecular complexity index is 439. The number of alkyl halides is 6. The minimum absolute atomic E-state index is 0.0668. The molecule has 0 aromatic heterocycles. The molecule has 0 radical (unpaired) electrons. The Morgan fingerprint density at radius 1 is 0.889 bits per heavy atom. The molecule has 0 aliphatic carbocycles. The zero-order chi connectivity index (χ0) is 14.3. The minimum Gasteiger partial charge on any atom is -0.166 e. The van der Waals surface area contributed by atoms with Gasteiger partial charge in [-0.2, -0.15) is 26.3 Å². The van der Waals surface area contributed by atoms with Crippen molar-refractivity contribution in [2.75, 3.05) is 0 Å². The molecule has 1 aromatic carbocycles. The lowest BCUT2D eigenvalue weighted by Crippen LogP contribution is -2.14. The largest absolute Gasteiger partial charge is 0.416 e. The van der Waals surface area contributed by atoms with Crippen molar-refractivity contribution in [1.29, 1.82) is 0 Å². The standard InChI is InChI=1S/C12H12F6/c1-6(2)9-4-8(11(13,14)15)5-10(7(9)3)12(16,17)18/h4-6H,1-3H3. The van der Waals surface area contributed by atoms with Gasteiger partial charge in [0.2, 0.25) is 0 Å². The molecule has 18 heavy (non-hydrogen) atoms. The topological polar surface area (TPSA) is 0 Å². The lowest BCUT2D eigenvalue weighted by molar-refractivity contribution is -0.143. The average Bonchev–Trinajstić information content (AvgIpc) is 2.13. The lowest BCUT2D eigenvalue weighted by atomic mass is 9.91.